The molecule has 7 heteroatoms. The van der Waals surface area contributed by atoms with Crippen LogP contribution in [0.15, 0.2) is 29.8 Å². The van der Waals surface area contributed by atoms with Crippen LogP contribution in [0.5, 0.6) is 0 Å². The first kappa shape index (κ1) is 20.3. The van der Waals surface area contributed by atoms with Crippen molar-refractivity contribution >= 4 is 23.7 Å². The minimum Gasteiger partial charge on any atom is -0.456 e. The number of ether oxygens (including phenoxy) is 2. The molecule has 25 heavy (non-hydrogen) atoms. The van der Waals surface area contributed by atoms with Crippen LogP contribution in [0.1, 0.15) is 47.1 Å². The average molecular weight is 349 g/mol. The van der Waals surface area contributed by atoms with Crippen molar-refractivity contribution in [1.29, 1.82) is 0 Å². The minimum atomic E-state index is -0.819. The molecule has 136 valence electrons. The molecule has 0 aromatic heterocycles. The lowest BCUT2D eigenvalue weighted by molar-refractivity contribution is -0.384. The van der Waals surface area contributed by atoms with Crippen molar-refractivity contribution < 1.29 is 24.0 Å². The molecule has 0 aliphatic rings. The van der Waals surface area contributed by atoms with E-state index in [0.717, 1.165) is 0 Å². The normalized spacial score (nSPS) is 11.4. The number of carbonyl (C=O) groups is 2. The molecule has 7 nitrogen and oxygen atoms in total. The average Bonchev–Trinajstić information content (AvgIpc) is 2.41. The molecule has 0 spiro atoms. The van der Waals surface area contributed by atoms with Gasteiger partial charge in [0, 0.05) is 12.1 Å². The second-order valence-electron chi connectivity index (χ2n) is 7.41. The SMILES string of the molecule is CC(C)(C)OC(=O)C(=Cc1ccc([N+](=O)[O-])cc1)C(=O)OC(C)(C)C. The highest BCUT2D eigenvalue weighted by molar-refractivity contribution is 6.17. The summed E-state index contributed by atoms with van der Waals surface area (Å²) in [5, 5.41) is 10.7. The first-order valence-corrected chi connectivity index (χ1v) is 7.71. The number of nitro benzene ring substituents is 1. The zero-order chi connectivity index (χ0) is 19.4. The molecule has 1 aromatic carbocycles. The summed E-state index contributed by atoms with van der Waals surface area (Å²) in [6.07, 6.45) is 1.30. The standard InChI is InChI=1S/C18H23NO6/c1-17(2,3)24-15(20)14(16(21)25-18(4,5)6)11-12-7-9-13(10-8-12)19(22)23/h7-11H,1-6H3. The van der Waals surface area contributed by atoms with E-state index in [0.29, 0.717) is 5.56 Å². The molecule has 0 aliphatic heterocycles. The van der Waals surface area contributed by atoms with Gasteiger partial charge in [0.2, 0.25) is 0 Å². The Hall–Kier alpha value is -2.70. The molecule has 0 heterocycles. The Labute approximate surface area is 146 Å². The zero-order valence-corrected chi connectivity index (χ0v) is 15.3. The maximum absolute atomic E-state index is 12.4. The van der Waals surface area contributed by atoms with E-state index >= 15 is 0 Å². The van der Waals surface area contributed by atoms with Crippen LogP contribution in [-0.4, -0.2) is 28.1 Å². The number of hydrogen-bond donors (Lipinski definition) is 0. The lowest BCUT2D eigenvalue weighted by atomic mass is 10.1. The largest absolute Gasteiger partial charge is 0.456 e. The van der Waals surface area contributed by atoms with Crippen LogP contribution in [0.3, 0.4) is 0 Å². The third-order valence-corrected chi connectivity index (χ3v) is 2.65. The molecule has 0 saturated heterocycles. The number of esters is 2. The minimum absolute atomic E-state index is 0.0896. The van der Waals surface area contributed by atoms with Crippen molar-refractivity contribution in [3.8, 4) is 0 Å². The van der Waals surface area contributed by atoms with Crippen molar-refractivity contribution in [2.75, 3.05) is 0 Å². The number of rotatable bonds is 4. The van der Waals surface area contributed by atoms with Gasteiger partial charge in [-0.1, -0.05) is 0 Å². The Kier molecular flexibility index (Phi) is 6.07. The quantitative estimate of drug-likeness (QED) is 0.205. The Balaban J connectivity index is 3.22. The van der Waals surface area contributed by atoms with E-state index in [1.165, 1.54) is 30.3 Å². The van der Waals surface area contributed by atoms with Gasteiger partial charge in [-0.2, -0.15) is 0 Å². The van der Waals surface area contributed by atoms with Crippen molar-refractivity contribution in [1.82, 2.24) is 0 Å². The van der Waals surface area contributed by atoms with E-state index in [-0.39, 0.29) is 11.3 Å². The van der Waals surface area contributed by atoms with Crippen molar-refractivity contribution in [3.05, 3.63) is 45.5 Å². The molecule has 0 radical (unpaired) electrons. The van der Waals surface area contributed by atoms with Crippen LogP contribution in [-0.2, 0) is 19.1 Å². The Bertz CT molecular complexity index is 660. The number of carbonyl (C=O) groups excluding carboxylic acids is 2. The lowest BCUT2D eigenvalue weighted by Crippen LogP contribution is -2.31. The van der Waals surface area contributed by atoms with Crippen molar-refractivity contribution in [2.45, 2.75) is 52.7 Å². The van der Waals surface area contributed by atoms with Crippen molar-refractivity contribution in [2.24, 2.45) is 0 Å². The van der Waals surface area contributed by atoms with E-state index in [2.05, 4.69) is 0 Å². The predicted octanol–water partition coefficient (Wildman–Crippen LogP) is 3.66. The maximum Gasteiger partial charge on any atom is 0.346 e. The van der Waals surface area contributed by atoms with E-state index in [1.807, 2.05) is 0 Å². The third kappa shape index (κ3) is 7.15. The Morgan fingerprint density at radius 1 is 0.920 bits per heavy atom. The summed E-state index contributed by atoms with van der Waals surface area (Å²) in [5.41, 5.74) is -1.49. The third-order valence-electron chi connectivity index (χ3n) is 2.65. The summed E-state index contributed by atoms with van der Waals surface area (Å²) in [6, 6.07) is 5.45. The molecule has 0 fully saturated rings. The summed E-state index contributed by atoms with van der Waals surface area (Å²) < 4.78 is 10.5. The van der Waals surface area contributed by atoms with Gasteiger partial charge in [0.05, 0.1) is 4.92 Å². The fraction of sp³-hybridized carbons (Fsp3) is 0.444. The number of non-ortho nitro benzene ring substituents is 1. The number of nitro groups is 1. The maximum atomic E-state index is 12.4. The molecule has 0 N–H and O–H groups in total. The molecule has 1 aromatic rings. The van der Waals surface area contributed by atoms with Crippen LogP contribution in [0.4, 0.5) is 5.69 Å². The van der Waals surface area contributed by atoms with Gasteiger partial charge in [0.1, 0.15) is 16.8 Å². The van der Waals surface area contributed by atoms with Gasteiger partial charge in [0.25, 0.3) is 5.69 Å². The number of nitrogens with zero attached hydrogens (tertiary/aromatic N) is 1. The summed E-state index contributed by atoms with van der Waals surface area (Å²) in [6.45, 7) is 10.1. The van der Waals surface area contributed by atoms with Gasteiger partial charge in [-0.15, -0.1) is 0 Å². The van der Waals surface area contributed by atoms with Gasteiger partial charge < -0.3 is 9.47 Å². The topological polar surface area (TPSA) is 95.7 Å². The Morgan fingerprint density at radius 3 is 1.64 bits per heavy atom. The molecule has 0 aliphatic carbocycles. The molecule has 1 rings (SSSR count). The molecular weight excluding hydrogens is 326 g/mol. The van der Waals surface area contributed by atoms with E-state index < -0.39 is 28.1 Å². The molecule has 0 bridgehead atoms. The lowest BCUT2D eigenvalue weighted by Gasteiger charge is -2.23. The van der Waals surface area contributed by atoms with Crippen LogP contribution < -0.4 is 0 Å². The van der Waals surface area contributed by atoms with E-state index in [4.69, 9.17) is 9.47 Å². The molecule has 0 atom stereocenters. The molecular formula is C18H23NO6. The van der Waals surface area contributed by atoms with Gasteiger partial charge in [-0.05, 0) is 65.3 Å². The van der Waals surface area contributed by atoms with Gasteiger partial charge in [-0.25, -0.2) is 9.59 Å². The highest BCUT2D eigenvalue weighted by Crippen LogP contribution is 2.20. The molecule has 0 amide bonds. The first-order chi connectivity index (χ1) is 11.3. The van der Waals surface area contributed by atoms with Crippen LogP contribution in [0, 0.1) is 10.1 Å². The zero-order valence-electron chi connectivity index (χ0n) is 15.3. The van der Waals surface area contributed by atoms with Crippen LogP contribution in [0.25, 0.3) is 6.08 Å². The first-order valence-electron chi connectivity index (χ1n) is 7.71. The van der Waals surface area contributed by atoms with Gasteiger partial charge >= 0.3 is 11.9 Å². The second kappa shape index (κ2) is 7.46. The summed E-state index contributed by atoms with van der Waals surface area (Å²) in [7, 11) is 0. The van der Waals surface area contributed by atoms with Crippen LogP contribution >= 0.6 is 0 Å². The highest BCUT2D eigenvalue weighted by Gasteiger charge is 2.29. The predicted molar refractivity (Wildman–Crippen MR) is 92.8 cm³/mol. The number of benzene rings is 1. The fourth-order valence-electron chi connectivity index (χ4n) is 1.73. The molecule has 0 saturated carbocycles. The molecule has 0 unspecified atom stereocenters. The summed E-state index contributed by atoms with van der Waals surface area (Å²) >= 11 is 0. The summed E-state index contributed by atoms with van der Waals surface area (Å²) in [4.78, 5) is 34.9. The van der Waals surface area contributed by atoms with Gasteiger partial charge in [-0.3, -0.25) is 10.1 Å². The smallest absolute Gasteiger partial charge is 0.346 e. The Morgan fingerprint density at radius 2 is 1.32 bits per heavy atom. The highest BCUT2D eigenvalue weighted by atomic mass is 16.6. The van der Waals surface area contributed by atoms with E-state index in [1.54, 1.807) is 41.5 Å². The van der Waals surface area contributed by atoms with E-state index in [9.17, 15) is 19.7 Å². The van der Waals surface area contributed by atoms with Crippen LogP contribution in [0.2, 0.25) is 0 Å². The van der Waals surface area contributed by atoms with Crippen molar-refractivity contribution in [3.63, 3.8) is 0 Å². The number of hydrogen-bond acceptors (Lipinski definition) is 6. The summed E-state index contributed by atoms with van der Waals surface area (Å²) in [5.74, 6) is -1.64. The van der Waals surface area contributed by atoms with Gasteiger partial charge in [0.15, 0.2) is 0 Å². The fourth-order valence-corrected chi connectivity index (χ4v) is 1.73. The second-order valence-corrected chi connectivity index (χ2v) is 7.41. The monoisotopic (exact) mass is 349 g/mol.